The van der Waals surface area contributed by atoms with Gasteiger partial charge in [-0.05, 0) is 12.5 Å². The number of nitrogens with one attached hydrogen (secondary N) is 1. The van der Waals surface area contributed by atoms with Crippen molar-refractivity contribution in [3.8, 4) is 0 Å². The van der Waals surface area contributed by atoms with E-state index in [0.717, 1.165) is 16.0 Å². The third-order valence-corrected chi connectivity index (χ3v) is 4.32. The Morgan fingerprint density at radius 1 is 1.29 bits per heavy atom. The zero-order valence-corrected chi connectivity index (χ0v) is 13.7. The number of hydrogen-bond acceptors (Lipinski definition) is 4. The molecule has 4 amide bonds. The first kappa shape index (κ1) is 16.4. The van der Waals surface area contributed by atoms with E-state index in [0.29, 0.717) is 26.3 Å². The van der Waals surface area contributed by atoms with Gasteiger partial charge in [0.2, 0.25) is 11.8 Å². The SMILES string of the molecule is Cc1cccc([C@H]2CC(=O)N(CC(=O)N3CCOCC3)C(=O)N2)c1. The van der Waals surface area contributed by atoms with Crippen LogP contribution in [0.1, 0.15) is 23.6 Å². The molecular formula is C17H21N3O4. The predicted molar refractivity (Wildman–Crippen MR) is 86.2 cm³/mol. The van der Waals surface area contributed by atoms with Crippen molar-refractivity contribution < 1.29 is 19.1 Å². The van der Waals surface area contributed by atoms with Gasteiger partial charge >= 0.3 is 6.03 Å². The molecule has 1 atom stereocenters. The van der Waals surface area contributed by atoms with Crippen LogP contribution in [0.5, 0.6) is 0 Å². The van der Waals surface area contributed by atoms with Crippen molar-refractivity contribution in [2.45, 2.75) is 19.4 Å². The third kappa shape index (κ3) is 3.56. The molecular weight excluding hydrogens is 310 g/mol. The number of benzene rings is 1. The number of amides is 4. The minimum Gasteiger partial charge on any atom is -0.378 e. The predicted octanol–water partition coefficient (Wildman–Crippen LogP) is 0.837. The molecule has 2 aliphatic rings. The Hall–Kier alpha value is -2.41. The maximum absolute atomic E-state index is 12.4. The van der Waals surface area contributed by atoms with Crippen LogP contribution in [0.4, 0.5) is 4.79 Å². The fourth-order valence-electron chi connectivity index (χ4n) is 2.97. The van der Waals surface area contributed by atoms with Gasteiger partial charge in [-0.2, -0.15) is 0 Å². The Kier molecular flexibility index (Phi) is 4.80. The van der Waals surface area contributed by atoms with Crippen LogP contribution in [-0.2, 0) is 14.3 Å². The number of ether oxygens (including phenoxy) is 1. The second kappa shape index (κ2) is 7.00. The molecule has 128 valence electrons. The molecule has 1 N–H and O–H groups in total. The van der Waals surface area contributed by atoms with E-state index in [1.165, 1.54) is 0 Å². The minimum absolute atomic E-state index is 0.158. The van der Waals surface area contributed by atoms with Crippen LogP contribution in [-0.4, -0.2) is 60.5 Å². The maximum atomic E-state index is 12.4. The van der Waals surface area contributed by atoms with Gasteiger partial charge in [-0.3, -0.25) is 14.5 Å². The number of morpholine rings is 1. The molecule has 2 fully saturated rings. The maximum Gasteiger partial charge on any atom is 0.325 e. The highest BCUT2D eigenvalue weighted by atomic mass is 16.5. The largest absolute Gasteiger partial charge is 0.378 e. The highest BCUT2D eigenvalue weighted by molar-refractivity contribution is 6.00. The highest BCUT2D eigenvalue weighted by Gasteiger charge is 2.35. The average molecular weight is 331 g/mol. The van der Waals surface area contributed by atoms with Gasteiger partial charge in [0, 0.05) is 13.1 Å². The van der Waals surface area contributed by atoms with Crippen molar-refractivity contribution in [1.29, 1.82) is 0 Å². The monoisotopic (exact) mass is 331 g/mol. The molecule has 7 heteroatoms. The second-order valence-electron chi connectivity index (χ2n) is 6.09. The van der Waals surface area contributed by atoms with E-state index in [-0.39, 0.29) is 30.8 Å². The Bertz CT molecular complexity index is 637. The quantitative estimate of drug-likeness (QED) is 0.890. The lowest BCUT2D eigenvalue weighted by Gasteiger charge is -2.33. The fraction of sp³-hybridized carbons (Fsp3) is 0.471. The molecule has 2 heterocycles. The van der Waals surface area contributed by atoms with Crippen LogP contribution in [0.25, 0.3) is 0 Å². The molecule has 1 aromatic carbocycles. The van der Waals surface area contributed by atoms with Gasteiger partial charge in [-0.25, -0.2) is 4.79 Å². The molecule has 0 bridgehead atoms. The number of carbonyl (C=O) groups excluding carboxylic acids is 3. The van der Waals surface area contributed by atoms with Crippen LogP contribution in [0.15, 0.2) is 24.3 Å². The lowest BCUT2D eigenvalue weighted by Crippen LogP contribution is -2.55. The van der Waals surface area contributed by atoms with Gasteiger partial charge in [0.1, 0.15) is 6.54 Å². The van der Waals surface area contributed by atoms with Crippen molar-refractivity contribution in [3.63, 3.8) is 0 Å². The van der Waals surface area contributed by atoms with E-state index in [4.69, 9.17) is 4.74 Å². The van der Waals surface area contributed by atoms with E-state index in [2.05, 4.69) is 5.32 Å². The van der Waals surface area contributed by atoms with Crippen molar-refractivity contribution >= 4 is 17.8 Å². The number of nitrogens with zero attached hydrogens (tertiary/aromatic N) is 2. The second-order valence-corrected chi connectivity index (χ2v) is 6.09. The summed E-state index contributed by atoms with van der Waals surface area (Å²) < 4.78 is 5.20. The van der Waals surface area contributed by atoms with E-state index >= 15 is 0 Å². The lowest BCUT2D eigenvalue weighted by molar-refractivity contribution is -0.141. The van der Waals surface area contributed by atoms with Crippen LogP contribution in [0, 0.1) is 6.92 Å². The Morgan fingerprint density at radius 2 is 2.04 bits per heavy atom. The Labute approximate surface area is 140 Å². The van der Waals surface area contributed by atoms with E-state index in [1.54, 1.807) is 4.90 Å². The van der Waals surface area contributed by atoms with Gasteiger partial charge in [-0.15, -0.1) is 0 Å². The van der Waals surface area contributed by atoms with Crippen LogP contribution < -0.4 is 5.32 Å². The third-order valence-electron chi connectivity index (χ3n) is 4.32. The highest BCUT2D eigenvalue weighted by Crippen LogP contribution is 2.23. The fourth-order valence-corrected chi connectivity index (χ4v) is 2.97. The zero-order chi connectivity index (χ0) is 17.1. The molecule has 7 nitrogen and oxygen atoms in total. The molecule has 3 rings (SSSR count). The minimum atomic E-state index is -0.514. The summed E-state index contributed by atoms with van der Waals surface area (Å²) in [6.45, 7) is 3.71. The summed E-state index contributed by atoms with van der Waals surface area (Å²) in [6.07, 6.45) is 0.158. The van der Waals surface area contributed by atoms with Gasteiger partial charge in [0.05, 0.1) is 25.7 Å². The zero-order valence-electron chi connectivity index (χ0n) is 13.7. The first-order chi connectivity index (χ1) is 11.5. The Balaban J connectivity index is 1.64. The Morgan fingerprint density at radius 3 is 2.71 bits per heavy atom. The molecule has 1 aromatic rings. The van der Waals surface area contributed by atoms with Crippen LogP contribution >= 0.6 is 0 Å². The number of hydrogen-bond donors (Lipinski definition) is 1. The number of carbonyl (C=O) groups is 3. The summed E-state index contributed by atoms with van der Waals surface area (Å²) in [4.78, 5) is 39.5. The van der Waals surface area contributed by atoms with Gasteiger partial charge in [-0.1, -0.05) is 29.8 Å². The first-order valence-corrected chi connectivity index (χ1v) is 8.07. The summed E-state index contributed by atoms with van der Waals surface area (Å²) in [5.41, 5.74) is 1.97. The van der Waals surface area contributed by atoms with E-state index in [9.17, 15) is 14.4 Å². The lowest BCUT2D eigenvalue weighted by atomic mass is 9.99. The average Bonchev–Trinajstić information content (AvgIpc) is 2.58. The molecule has 0 radical (unpaired) electrons. The molecule has 2 saturated heterocycles. The van der Waals surface area contributed by atoms with Gasteiger partial charge in [0.15, 0.2) is 0 Å². The number of imide groups is 1. The molecule has 0 spiro atoms. The number of urea groups is 1. The summed E-state index contributed by atoms with van der Waals surface area (Å²) in [6, 6.07) is 6.84. The van der Waals surface area contributed by atoms with Crippen molar-refractivity contribution in [2.24, 2.45) is 0 Å². The summed E-state index contributed by atoms with van der Waals surface area (Å²) in [5.74, 6) is -0.553. The normalized spacial score (nSPS) is 21.6. The summed E-state index contributed by atoms with van der Waals surface area (Å²) in [7, 11) is 0. The molecule has 0 saturated carbocycles. The first-order valence-electron chi connectivity index (χ1n) is 8.07. The van der Waals surface area contributed by atoms with Gasteiger partial charge in [0.25, 0.3) is 0 Å². The summed E-state index contributed by atoms with van der Waals surface area (Å²) in [5, 5.41) is 2.82. The van der Waals surface area contributed by atoms with Crippen molar-refractivity contribution in [1.82, 2.24) is 15.1 Å². The van der Waals surface area contributed by atoms with Crippen molar-refractivity contribution in [3.05, 3.63) is 35.4 Å². The van der Waals surface area contributed by atoms with E-state index < -0.39 is 6.03 Å². The molecule has 0 unspecified atom stereocenters. The molecule has 0 aromatic heterocycles. The standard InChI is InChI=1S/C17H21N3O4/c1-12-3-2-4-13(9-12)14-10-15(21)20(17(23)18-14)11-16(22)19-5-7-24-8-6-19/h2-4,9,14H,5-8,10-11H2,1H3,(H,18,23)/t14-/m1/s1. The smallest absolute Gasteiger partial charge is 0.325 e. The van der Waals surface area contributed by atoms with Crippen molar-refractivity contribution in [2.75, 3.05) is 32.8 Å². The number of rotatable bonds is 3. The van der Waals surface area contributed by atoms with Crippen LogP contribution in [0.3, 0.4) is 0 Å². The number of aryl methyl sites for hydroxylation is 1. The topological polar surface area (TPSA) is 79.0 Å². The van der Waals surface area contributed by atoms with Gasteiger partial charge < -0.3 is 15.0 Å². The van der Waals surface area contributed by atoms with Crippen LogP contribution in [0.2, 0.25) is 0 Å². The molecule has 24 heavy (non-hydrogen) atoms. The summed E-state index contributed by atoms with van der Waals surface area (Å²) >= 11 is 0. The molecule has 2 aliphatic heterocycles. The van der Waals surface area contributed by atoms with E-state index in [1.807, 2.05) is 31.2 Å². The molecule has 0 aliphatic carbocycles.